The largest absolute Gasteiger partial charge is 0.497 e. The van der Waals surface area contributed by atoms with Crippen molar-refractivity contribution in [3.8, 4) is 11.5 Å². The van der Waals surface area contributed by atoms with Crippen LogP contribution in [-0.2, 0) is 11.3 Å². The minimum Gasteiger partial charge on any atom is -0.497 e. The molecule has 118 valence electrons. The molecule has 1 amide bonds. The molecule has 0 aliphatic carbocycles. The third kappa shape index (κ3) is 5.63. The number of likely N-dealkylation sites (N-methyl/N-ethyl adjacent to an activating group) is 1. The number of ether oxygens (including phenoxy) is 2. The molecule has 0 radical (unpaired) electrons. The first kappa shape index (κ1) is 17.3. The molecule has 0 aromatic heterocycles. The lowest BCUT2D eigenvalue weighted by atomic mass is 10.1. The van der Waals surface area contributed by atoms with Crippen molar-refractivity contribution < 1.29 is 14.3 Å². The van der Waals surface area contributed by atoms with Crippen molar-refractivity contribution in [2.24, 2.45) is 0 Å². The van der Waals surface area contributed by atoms with Gasteiger partial charge in [-0.15, -0.1) is 0 Å². The summed E-state index contributed by atoms with van der Waals surface area (Å²) >= 11 is 0. The van der Waals surface area contributed by atoms with E-state index in [0.29, 0.717) is 24.9 Å². The Morgan fingerprint density at radius 1 is 1.29 bits per heavy atom. The summed E-state index contributed by atoms with van der Waals surface area (Å²) in [6.07, 6.45) is -0.531. The molecule has 21 heavy (non-hydrogen) atoms. The van der Waals surface area contributed by atoms with Crippen molar-refractivity contribution in [2.75, 3.05) is 13.7 Å². The lowest BCUT2D eigenvalue weighted by Gasteiger charge is -2.18. The van der Waals surface area contributed by atoms with E-state index in [4.69, 9.17) is 9.47 Å². The quantitative estimate of drug-likeness (QED) is 0.771. The Kier molecular flexibility index (Phi) is 7.02. The zero-order valence-electron chi connectivity index (χ0n) is 13.5. The molecule has 1 aromatic carbocycles. The number of amides is 1. The summed E-state index contributed by atoms with van der Waals surface area (Å²) in [5.74, 6) is 1.35. The second-order valence-corrected chi connectivity index (χ2v) is 5.16. The van der Waals surface area contributed by atoms with Crippen LogP contribution in [0.15, 0.2) is 18.2 Å². The molecule has 0 heterocycles. The fourth-order valence-corrected chi connectivity index (χ4v) is 1.81. The Bertz CT molecular complexity index is 461. The molecule has 0 aliphatic heterocycles. The lowest BCUT2D eigenvalue weighted by Crippen LogP contribution is -2.36. The summed E-state index contributed by atoms with van der Waals surface area (Å²) in [7, 11) is 1.63. The third-order valence-corrected chi connectivity index (χ3v) is 2.99. The van der Waals surface area contributed by atoms with Crippen LogP contribution in [0.25, 0.3) is 0 Å². The summed E-state index contributed by atoms with van der Waals surface area (Å²) in [5.41, 5.74) is 0.971. The monoisotopic (exact) mass is 294 g/mol. The normalized spacial score (nSPS) is 12.1. The van der Waals surface area contributed by atoms with Gasteiger partial charge in [-0.1, -0.05) is 13.8 Å². The highest BCUT2D eigenvalue weighted by atomic mass is 16.5. The maximum absolute atomic E-state index is 11.8. The van der Waals surface area contributed by atoms with E-state index in [-0.39, 0.29) is 5.91 Å². The fraction of sp³-hybridized carbons (Fsp3) is 0.562. The predicted octanol–water partition coefficient (Wildman–Crippen LogP) is 2.10. The van der Waals surface area contributed by atoms with Crippen molar-refractivity contribution in [3.63, 3.8) is 0 Å². The Balaban J connectivity index is 2.86. The molecule has 5 nitrogen and oxygen atoms in total. The number of hydrogen-bond donors (Lipinski definition) is 2. The highest BCUT2D eigenvalue weighted by Crippen LogP contribution is 2.25. The molecule has 2 N–H and O–H groups in total. The highest BCUT2D eigenvalue weighted by molar-refractivity contribution is 5.80. The Labute approximate surface area is 127 Å². The molecule has 0 aliphatic rings. The van der Waals surface area contributed by atoms with Gasteiger partial charge in [-0.25, -0.2) is 0 Å². The van der Waals surface area contributed by atoms with Gasteiger partial charge in [-0.3, -0.25) is 4.79 Å². The number of methoxy groups -OCH3 is 1. The van der Waals surface area contributed by atoms with Crippen molar-refractivity contribution in [1.82, 2.24) is 10.6 Å². The smallest absolute Gasteiger partial charge is 0.260 e. The van der Waals surface area contributed by atoms with Crippen LogP contribution in [0.1, 0.15) is 33.3 Å². The maximum atomic E-state index is 11.8. The minimum absolute atomic E-state index is 0.115. The SMILES string of the molecule is CCNC(=O)C(C)Oc1ccc(OC)cc1CNC(C)C. The molecule has 1 atom stereocenters. The van der Waals surface area contributed by atoms with Gasteiger partial charge < -0.3 is 20.1 Å². The van der Waals surface area contributed by atoms with Crippen LogP contribution in [0, 0.1) is 0 Å². The molecule has 1 unspecified atom stereocenters. The first-order valence-electron chi connectivity index (χ1n) is 7.32. The number of carbonyl (C=O) groups is 1. The molecule has 1 rings (SSSR count). The molecule has 5 heteroatoms. The van der Waals surface area contributed by atoms with Gasteiger partial charge in [0.15, 0.2) is 6.10 Å². The Hall–Kier alpha value is -1.75. The first-order valence-corrected chi connectivity index (χ1v) is 7.32. The second kappa shape index (κ2) is 8.52. The van der Waals surface area contributed by atoms with Gasteiger partial charge in [-0.05, 0) is 32.0 Å². The second-order valence-electron chi connectivity index (χ2n) is 5.16. The van der Waals surface area contributed by atoms with E-state index in [1.54, 1.807) is 14.0 Å². The van der Waals surface area contributed by atoms with Crippen LogP contribution in [0.4, 0.5) is 0 Å². The van der Waals surface area contributed by atoms with E-state index in [9.17, 15) is 4.79 Å². The predicted molar refractivity (Wildman–Crippen MR) is 83.7 cm³/mol. The molecule has 1 aromatic rings. The number of benzene rings is 1. The zero-order chi connectivity index (χ0) is 15.8. The van der Waals surface area contributed by atoms with Gasteiger partial charge >= 0.3 is 0 Å². The molecular formula is C16H26N2O3. The molecule has 0 bridgehead atoms. The van der Waals surface area contributed by atoms with E-state index < -0.39 is 6.10 Å². The number of hydrogen-bond acceptors (Lipinski definition) is 4. The first-order chi connectivity index (χ1) is 9.97. The van der Waals surface area contributed by atoms with E-state index in [0.717, 1.165) is 11.3 Å². The maximum Gasteiger partial charge on any atom is 0.260 e. The van der Waals surface area contributed by atoms with Crippen LogP contribution in [0.5, 0.6) is 11.5 Å². The number of carbonyl (C=O) groups excluding carboxylic acids is 1. The van der Waals surface area contributed by atoms with Crippen LogP contribution in [0.3, 0.4) is 0 Å². The number of nitrogens with one attached hydrogen (secondary N) is 2. The van der Waals surface area contributed by atoms with E-state index in [1.807, 2.05) is 25.1 Å². The van der Waals surface area contributed by atoms with Gasteiger partial charge in [0.05, 0.1) is 7.11 Å². The minimum atomic E-state index is -0.531. The average Bonchev–Trinajstić information content (AvgIpc) is 2.46. The van der Waals surface area contributed by atoms with Gasteiger partial charge in [0.2, 0.25) is 0 Å². The van der Waals surface area contributed by atoms with Gasteiger partial charge in [0.1, 0.15) is 11.5 Å². The van der Waals surface area contributed by atoms with Gasteiger partial charge in [0.25, 0.3) is 5.91 Å². The van der Waals surface area contributed by atoms with Crippen molar-refractivity contribution >= 4 is 5.91 Å². The topological polar surface area (TPSA) is 59.6 Å². The van der Waals surface area contributed by atoms with Gasteiger partial charge in [0, 0.05) is 24.7 Å². The van der Waals surface area contributed by atoms with Crippen LogP contribution >= 0.6 is 0 Å². The van der Waals surface area contributed by atoms with E-state index in [2.05, 4.69) is 24.5 Å². The molecule has 0 fully saturated rings. The Morgan fingerprint density at radius 2 is 2.00 bits per heavy atom. The molecular weight excluding hydrogens is 268 g/mol. The van der Waals surface area contributed by atoms with E-state index in [1.165, 1.54) is 0 Å². The summed E-state index contributed by atoms with van der Waals surface area (Å²) in [6, 6.07) is 5.96. The summed E-state index contributed by atoms with van der Waals surface area (Å²) < 4.78 is 11.0. The average molecular weight is 294 g/mol. The lowest BCUT2D eigenvalue weighted by molar-refractivity contribution is -0.127. The molecule has 0 spiro atoms. The zero-order valence-corrected chi connectivity index (χ0v) is 13.5. The van der Waals surface area contributed by atoms with Crippen LogP contribution in [0.2, 0.25) is 0 Å². The van der Waals surface area contributed by atoms with Crippen LogP contribution in [-0.4, -0.2) is 31.7 Å². The molecule has 0 saturated carbocycles. The third-order valence-electron chi connectivity index (χ3n) is 2.99. The summed E-state index contributed by atoms with van der Waals surface area (Å²) in [4.78, 5) is 11.8. The number of rotatable bonds is 8. The van der Waals surface area contributed by atoms with Crippen LogP contribution < -0.4 is 20.1 Å². The van der Waals surface area contributed by atoms with Crippen molar-refractivity contribution in [1.29, 1.82) is 0 Å². The molecule has 0 saturated heterocycles. The van der Waals surface area contributed by atoms with Crippen molar-refractivity contribution in [2.45, 2.75) is 46.4 Å². The fourth-order valence-electron chi connectivity index (χ4n) is 1.81. The Morgan fingerprint density at radius 3 is 2.57 bits per heavy atom. The highest BCUT2D eigenvalue weighted by Gasteiger charge is 2.16. The summed E-state index contributed by atoms with van der Waals surface area (Å²) in [5, 5.41) is 6.10. The van der Waals surface area contributed by atoms with Crippen molar-refractivity contribution in [3.05, 3.63) is 23.8 Å². The van der Waals surface area contributed by atoms with Gasteiger partial charge in [-0.2, -0.15) is 0 Å². The summed E-state index contributed by atoms with van der Waals surface area (Å²) in [6.45, 7) is 9.05. The standard InChI is InChI=1S/C16H26N2O3/c1-6-17-16(19)12(4)21-15-8-7-14(20-5)9-13(15)10-18-11(2)3/h7-9,11-12,18H,6,10H2,1-5H3,(H,17,19). The van der Waals surface area contributed by atoms with E-state index >= 15 is 0 Å².